The van der Waals surface area contributed by atoms with Crippen molar-refractivity contribution in [3.05, 3.63) is 78.5 Å². The molecule has 1 unspecified atom stereocenters. The summed E-state index contributed by atoms with van der Waals surface area (Å²) >= 11 is 0. The number of aliphatic hydroxyl groups excluding tert-OH is 1. The van der Waals surface area contributed by atoms with E-state index >= 15 is 0 Å². The number of aromatic nitrogens is 1. The number of nitrogens with two attached hydrogens (primary N) is 1. The van der Waals surface area contributed by atoms with E-state index in [0.29, 0.717) is 17.4 Å². The number of methoxy groups -OCH3 is 1. The van der Waals surface area contributed by atoms with Gasteiger partial charge in [0.1, 0.15) is 5.75 Å². The minimum atomic E-state index is -3.53. The molecule has 7 nitrogen and oxygen atoms in total. The maximum absolute atomic E-state index is 11.2. The number of ether oxygens (including phenoxy) is 1. The van der Waals surface area contributed by atoms with E-state index in [1.54, 1.807) is 38.4 Å². The molecule has 8 heteroatoms. The number of piperidine rings is 3. The monoisotopic (exact) mass is 495 g/mol. The second-order valence-electron chi connectivity index (χ2n) is 9.28. The van der Waals surface area contributed by atoms with E-state index in [9.17, 15) is 13.5 Å². The van der Waals surface area contributed by atoms with Crippen molar-refractivity contribution in [2.45, 2.75) is 36.8 Å². The molecule has 6 rings (SSSR count). The number of rotatable bonds is 5. The topological polar surface area (TPSA) is 106 Å². The molecule has 3 fully saturated rings. The molecular weight excluding hydrogens is 462 g/mol. The summed E-state index contributed by atoms with van der Waals surface area (Å²) in [6, 6.07) is 14.6. The van der Waals surface area contributed by atoms with Crippen molar-refractivity contribution in [1.82, 2.24) is 9.88 Å². The number of nitrogens with zero attached hydrogens (tertiary/aromatic N) is 2. The molecule has 1 aromatic heterocycles. The van der Waals surface area contributed by atoms with Gasteiger partial charge in [-0.05, 0) is 79.6 Å². The first-order chi connectivity index (χ1) is 16.7. The van der Waals surface area contributed by atoms with E-state index in [1.165, 1.54) is 12.5 Å². The van der Waals surface area contributed by atoms with Gasteiger partial charge in [-0.1, -0.05) is 24.3 Å². The molecule has 5 atom stereocenters. The van der Waals surface area contributed by atoms with E-state index < -0.39 is 16.1 Å². The molecule has 3 aliphatic rings. The quantitative estimate of drug-likeness (QED) is 0.522. The first kappa shape index (κ1) is 25.3. The van der Waals surface area contributed by atoms with Crippen LogP contribution in [0.25, 0.3) is 10.9 Å². The largest absolute Gasteiger partial charge is 0.497 e. The Kier molecular flexibility index (Phi) is 7.56. The van der Waals surface area contributed by atoms with E-state index in [-0.39, 0.29) is 10.9 Å². The summed E-state index contributed by atoms with van der Waals surface area (Å²) in [5.41, 5.74) is 2.52. The zero-order valence-electron chi connectivity index (χ0n) is 20.2. The number of sulfonamides is 1. The van der Waals surface area contributed by atoms with Crippen LogP contribution in [0.15, 0.2) is 72.3 Å². The predicted molar refractivity (Wildman–Crippen MR) is 138 cm³/mol. The zero-order valence-corrected chi connectivity index (χ0v) is 21.0. The second kappa shape index (κ2) is 10.5. The van der Waals surface area contributed by atoms with Gasteiger partial charge < -0.3 is 9.84 Å². The van der Waals surface area contributed by atoms with Crippen molar-refractivity contribution in [2.24, 2.45) is 17.0 Å². The number of aliphatic hydroxyl groups is 1. The minimum Gasteiger partial charge on any atom is -0.497 e. The zero-order chi connectivity index (χ0) is 25.2. The molecule has 35 heavy (non-hydrogen) atoms. The van der Waals surface area contributed by atoms with Crippen molar-refractivity contribution < 1.29 is 18.3 Å². The Labute approximate surface area is 207 Å². The summed E-state index contributed by atoms with van der Waals surface area (Å²) in [4.78, 5) is 7.05. The fraction of sp³-hybridized carbons (Fsp3) is 0.370. The van der Waals surface area contributed by atoms with Crippen LogP contribution in [0.5, 0.6) is 5.75 Å². The Morgan fingerprint density at radius 3 is 2.63 bits per heavy atom. The molecule has 2 aromatic carbocycles. The Balaban J connectivity index is 0.000000221. The van der Waals surface area contributed by atoms with Crippen molar-refractivity contribution in [3.63, 3.8) is 0 Å². The number of primary sulfonamides is 1. The lowest BCUT2D eigenvalue weighted by Gasteiger charge is -2.50. The summed E-state index contributed by atoms with van der Waals surface area (Å²) in [6.45, 7) is 7.78. The highest BCUT2D eigenvalue weighted by Gasteiger charge is 2.42. The second-order valence-corrected chi connectivity index (χ2v) is 10.8. The standard InChI is InChI=1S/C20H24N2O2.C7H9NO2S/c1-3-13-12-22-9-7-14(13)10-19(22)20(23)16-6-8-21-18-5-4-15(24-2)11-17(16)18;1-6-4-2-3-5-7(6)11(8,9)10/h3-6,8,11,13-14,19-20,23H,1,7,9-10,12H2,2H3;2-5H,1H3,(H2,8,9,10)/t13-,14-,19-,20+;/m0./s1. The lowest BCUT2D eigenvalue weighted by Crippen LogP contribution is -2.54. The lowest BCUT2D eigenvalue weighted by atomic mass is 9.73. The van der Waals surface area contributed by atoms with E-state index in [0.717, 1.165) is 41.7 Å². The minimum absolute atomic E-state index is 0.178. The van der Waals surface area contributed by atoms with Gasteiger partial charge in [0.15, 0.2) is 0 Å². The number of fused-ring (bicyclic) bond motifs is 4. The van der Waals surface area contributed by atoms with Crippen LogP contribution < -0.4 is 9.88 Å². The molecule has 3 saturated heterocycles. The number of benzene rings is 2. The molecule has 0 aliphatic carbocycles. The smallest absolute Gasteiger partial charge is 0.238 e. The molecule has 2 bridgehead atoms. The normalized spacial score (nSPS) is 24.3. The fourth-order valence-electron chi connectivity index (χ4n) is 5.32. The summed E-state index contributed by atoms with van der Waals surface area (Å²) in [5.74, 6) is 2.01. The SMILES string of the molecule is C=C[C@H]1CN2CC[C@H]1C[C@H]2[C@H](O)c1ccnc2ccc(OC)cc12.Cc1ccccc1S(N)(=O)=O. The van der Waals surface area contributed by atoms with Crippen molar-refractivity contribution in [2.75, 3.05) is 20.2 Å². The highest BCUT2D eigenvalue weighted by atomic mass is 32.2. The highest BCUT2D eigenvalue weighted by Crippen LogP contribution is 2.42. The summed E-state index contributed by atoms with van der Waals surface area (Å²) in [7, 11) is -1.87. The Morgan fingerprint density at radius 2 is 2.03 bits per heavy atom. The van der Waals surface area contributed by atoms with Crippen molar-refractivity contribution in [1.29, 1.82) is 0 Å². The molecular formula is C27H33N3O4S. The van der Waals surface area contributed by atoms with Gasteiger partial charge in [0.2, 0.25) is 10.0 Å². The van der Waals surface area contributed by atoms with Crippen molar-refractivity contribution >= 4 is 20.9 Å². The number of hydrogen-bond acceptors (Lipinski definition) is 6. The summed E-state index contributed by atoms with van der Waals surface area (Å²) in [6.07, 6.45) is 5.62. The molecule has 0 radical (unpaired) electrons. The maximum atomic E-state index is 11.2. The van der Waals surface area contributed by atoms with E-state index in [4.69, 9.17) is 9.88 Å². The van der Waals surface area contributed by atoms with Gasteiger partial charge in [-0.15, -0.1) is 6.58 Å². The van der Waals surface area contributed by atoms with Crippen LogP contribution >= 0.6 is 0 Å². The van der Waals surface area contributed by atoms with Gasteiger partial charge in [-0.3, -0.25) is 9.88 Å². The van der Waals surface area contributed by atoms with Gasteiger partial charge in [-0.2, -0.15) is 0 Å². The van der Waals surface area contributed by atoms with Gasteiger partial charge in [-0.25, -0.2) is 13.6 Å². The molecule has 0 saturated carbocycles. The molecule has 3 aromatic rings. The van der Waals surface area contributed by atoms with Crippen LogP contribution in [0.4, 0.5) is 0 Å². The van der Waals surface area contributed by atoms with Crippen LogP contribution in [0.3, 0.4) is 0 Å². The highest BCUT2D eigenvalue weighted by molar-refractivity contribution is 7.89. The number of hydrogen-bond donors (Lipinski definition) is 2. The molecule has 0 spiro atoms. The van der Waals surface area contributed by atoms with Gasteiger partial charge in [0.25, 0.3) is 0 Å². The first-order valence-corrected chi connectivity index (χ1v) is 13.3. The summed E-state index contributed by atoms with van der Waals surface area (Å²) in [5, 5.41) is 17.1. The molecule has 0 amide bonds. The third-order valence-electron chi connectivity index (χ3n) is 7.22. The van der Waals surface area contributed by atoms with E-state index in [1.807, 2.05) is 24.3 Å². The maximum Gasteiger partial charge on any atom is 0.238 e. The molecule has 186 valence electrons. The average Bonchev–Trinajstić information content (AvgIpc) is 2.87. The Hall–Kier alpha value is -2.78. The Bertz CT molecular complexity index is 1310. The third kappa shape index (κ3) is 5.41. The van der Waals surface area contributed by atoms with Gasteiger partial charge in [0.05, 0.1) is 23.6 Å². The predicted octanol–water partition coefficient (Wildman–Crippen LogP) is 3.82. The molecule has 4 heterocycles. The van der Waals surface area contributed by atoms with Crippen LogP contribution in [-0.2, 0) is 10.0 Å². The van der Waals surface area contributed by atoms with Crippen LogP contribution in [0.1, 0.15) is 30.1 Å². The average molecular weight is 496 g/mol. The first-order valence-electron chi connectivity index (χ1n) is 11.8. The number of pyridine rings is 1. The van der Waals surface area contributed by atoms with E-state index in [2.05, 4.69) is 22.5 Å². The fourth-order valence-corrected chi connectivity index (χ4v) is 6.11. The van der Waals surface area contributed by atoms with Crippen molar-refractivity contribution in [3.8, 4) is 5.75 Å². The number of aryl methyl sites for hydroxylation is 1. The van der Waals surface area contributed by atoms with Gasteiger partial charge in [0, 0.05) is 24.2 Å². The molecule has 3 aliphatic heterocycles. The Morgan fingerprint density at radius 1 is 1.26 bits per heavy atom. The van der Waals surface area contributed by atoms with Crippen LogP contribution in [-0.4, -0.2) is 49.6 Å². The summed E-state index contributed by atoms with van der Waals surface area (Å²) < 4.78 is 27.0. The lowest BCUT2D eigenvalue weighted by molar-refractivity contribution is -0.0444. The molecule has 3 N–H and O–H groups in total. The third-order valence-corrected chi connectivity index (χ3v) is 8.29. The van der Waals surface area contributed by atoms with Crippen LogP contribution in [0, 0.1) is 18.8 Å². The van der Waals surface area contributed by atoms with Crippen LogP contribution in [0.2, 0.25) is 0 Å². The van der Waals surface area contributed by atoms with Gasteiger partial charge >= 0.3 is 0 Å².